The predicted molar refractivity (Wildman–Crippen MR) is 145 cm³/mol. The minimum Gasteiger partial charge on any atom is -0.0859 e. The van der Waals surface area contributed by atoms with Gasteiger partial charge in [0.25, 0.3) is 0 Å². The van der Waals surface area contributed by atoms with Gasteiger partial charge in [-0.15, -0.1) is 0 Å². The molecule has 0 radical (unpaired) electrons. The van der Waals surface area contributed by atoms with Crippen LogP contribution in [0.2, 0.25) is 0 Å². The summed E-state index contributed by atoms with van der Waals surface area (Å²) in [6.45, 7) is 28.5. The molecule has 10 unspecified atom stereocenters. The number of hydrogen-bond donors (Lipinski definition) is 0. The van der Waals surface area contributed by atoms with Crippen molar-refractivity contribution in [3.63, 3.8) is 0 Å². The van der Waals surface area contributed by atoms with Crippen LogP contribution in [0.25, 0.3) is 0 Å². The molecule has 4 saturated carbocycles. The fourth-order valence-corrected chi connectivity index (χ4v) is 11.6. The molecule has 4 aliphatic rings. The van der Waals surface area contributed by atoms with E-state index in [1.54, 1.807) is 0 Å². The van der Waals surface area contributed by atoms with E-state index in [1.807, 2.05) is 0 Å². The average molecular weight is 455 g/mol. The Labute approximate surface area is 208 Å². The second-order valence-electron chi connectivity index (χ2n) is 15.9. The summed E-state index contributed by atoms with van der Waals surface area (Å²) >= 11 is 0. The van der Waals surface area contributed by atoms with Crippen molar-refractivity contribution < 1.29 is 0 Å². The molecule has 0 N–H and O–H groups in total. The van der Waals surface area contributed by atoms with Crippen molar-refractivity contribution in [3.05, 3.63) is 11.6 Å². The van der Waals surface area contributed by atoms with Crippen LogP contribution in [-0.4, -0.2) is 0 Å². The van der Waals surface area contributed by atoms with Gasteiger partial charge in [-0.2, -0.15) is 0 Å². The highest BCUT2D eigenvalue weighted by atomic mass is 14.7. The summed E-state index contributed by atoms with van der Waals surface area (Å²) in [6, 6.07) is 0. The lowest BCUT2D eigenvalue weighted by Crippen LogP contribution is -2.63. The molecule has 0 aromatic carbocycles. The van der Waals surface area contributed by atoms with E-state index in [1.165, 1.54) is 56.9 Å². The maximum atomic E-state index is 2.79. The number of allylic oxidation sites excluding steroid dienone is 2. The molecular formula is C33H58. The fourth-order valence-electron chi connectivity index (χ4n) is 11.6. The summed E-state index contributed by atoms with van der Waals surface area (Å²) < 4.78 is 0. The first-order chi connectivity index (χ1) is 15.2. The molecule has 0 aliphatic heterocycles. The second-order valence-corrected chi connectivity index (χ2v) is 15.9. The van der Waals surface area contributed by atoms with Gasteiger partial charge in [0.2, 0.25) is 0 Å². The Morgan fingerprint density at radius 1 is 0.909 bits per heavy atom. The lowest BCUT2D eigenvalue weighted by Gasteiger charge is -2.70. The third-order valence-corrected chi connectivity index (χ3v) is 13.0. The predicted octanol–water partition coefficient (Wildman–Crippen LogP) is 10.2. The van der Waals surface area contributed by atoms with Crippen molar-refractivity contribution in [1.82, 2.24) is 0 Å². The molecule has 0 spiro atoms. The van der Waals surface area contributed by atoms with Crippen LogP contribution in [0.1, 0.15) is 128 Å². The number of hydrogen-bond acceptors (Lipinski definition) is 0. The molecule has 10 atom stereocenters. The molecule has 0 saturated heterocycles. The first-order valence-corrected chi connectivity index (χ1v) is 14.8. The minimum absolute atomic E-state index is 0.470. The normalized spacial score (nSPS) is 49.1. The molecule has 190 valence electrons. The highest BCUT2D eigenvalue weighted by molar-refractivity contribution is 5.16. The zero-order chi connectivity index (χ0) is 24.6. The van der Waals surface area contributed by atoms with Crippen LogP contribution < -0.4 is 0 Å². The van der Waals surface area contributed by atoms with Gasteiger partial charge in [0.05, 0.1) is 0 Å². The summed E-state index contributed by atoms with van der Waals surface area (Å²) in [5, 5.41) is 0. The third-order valence-electron chi connectivity index (χ3n) is 13.0. The van der Waals surface area contributed by atoms with Gasteiger partial charge in [-0.25, -0.2) is 0 Å². The SMILES string of the molecule is CC(C)=CCCC(C)(C)C1CCC2C1C(C)CC1C2(C)CC(C)C2C(C)(C)C(C)CCC21C. The van der Waals surface area contributed by atoms with E-state index < -0.39 is 0 Å². The van der Waals surface area contributed by atoms with E-state index in [4.69, 9.17) is 0 Å². The number of fused-ring (bicyclic) bond motifs is 5. The highest BCUT2D eigenvalue weighted by Crippen LogP contribution is 2.74. The Bertz CT molecular complexity index is 750. The van der Waals surface area contributed by atoms with Crippen LogP contribution in [-0.2, 0) is 0 Å². The Kier molecular flexibility index (Phi) is 6.58. The van der Waals surface area contributed by atoms with Gasteiger partial charge in [0, 0.05) is 0 Å². The summed E-state index contributed by atoms with van der Waals surface area (Å²) in [4.78, 5) is 0. The summed E-state index contributed by atoms with van der Waals surface area (Å²) in [6.07, 6.45) is 14.0. The molecule has 0 heterocycles. The first kappa shape index (κ1) is 25.8. The van der Waals surface area contributed by atoms with Crippen LogP contribution in [0.4, 0.5) is 0 Å². The van der Waals surface area contributed by atoms with E-state index in [0.717, 1.165) is 47.3 Å². The Morgan fingerprint density at radius 3 is 2.21 bits per heavy atom. The van der Waals surface area contributed by atoms with Crippen LogP contribution in [0.15, 0.2) is 11.6 Å². The van der Waals surface area contributed by atoms with E-state index in [-0.39, 0.29) is 0 Å². The topological polar surface area (TPSA) is 0 Å². The third kappa shape index (κ3) is 3.91. The van der Waals surface area contributed by atoms with Crippen molar-refractivity contribution in [3.8, 4) is 0 Å². The van der Waals surface area contributed by atoms with E-state index in [2.05, 4.69) is 82.2 Å². The lowest BCUT2D eigenvalue weighted by atomic mass is 9.35. The van der Waals surface area contributed by atoms with Crippen molar-refractivity contribution >= 4 is 0 Å². The molecule has 0 aromatic heterocycles. The Balaban J connectivity index is 1.64. The zero-order valence-electron chi connectivity index (χ0n) is 24.4. The zero-order valence-corrected chi connectivity index (χ0v) is 24.4. The molecule has 4 rings (SSSR count). The molecular weight excluding hydrogens is 396 g/mol. The van der Waals surface area contributed by atoms with Gasteiger partial charge >= 0.3 is 0 Å². The standard InChI is InChI=1S/C33H58/c1-21(2)13-12-17-30(6,7)25-14-15-26-28(25)22(3)19-27-32(10)18-16-24(5)31(8,9)29(32)23(4)20-33(26,27)11/h13,22-29H,12,14-20H2,1-11H3. The molecule has 0 nitrogen and oxygen atoms in total. The van der Waals surface area contributed by atoms with Gasteiger partial charge < -0.3 is 0 Å². The molecule has 4 aliphatic carbocycles. The van der Waals surface area contributed by atoms with Gasteiger partial charge in [0.15, 0.2) is 0 Å². The van der Waals surface area contributed by atoms with Crippen LogP contribution >= 0.6 is 0 Å². The molecule has 0 aromatic rings. The Hall–Kier alpha value is -0.260. The maximum absolute atomic E-state index is 2.79. The van der Waals surface area contributed by atoms with Crippen molar-refractivity contribution in [2.45, 2.75) is 128 Å². The quantitative estimate of drug-likeness (QED) is 0.370. The van der Waals surface area contributed by atoms with Crippen molar-refractivity contribution in [2.24, 2.45) is 69.0 Å². The largest absolute Gasteiger partial charge is 0.0859 e. The fraction of sp³-hybridized carbons (Fsp3) is 0.939. The molecule has 33 heavy (non-hydrogen) atoms. The van der Waals surface area contributed by atoms with Gasteiger partial charge in [0.1, 0.15) is 0 Å². The summed E-state index contributed by atoms with van der Waals surface area (Å²) in [5.41, 5.74) is 3.54. The summed E-state index contributed by atoms with van der Waals surface area (Å²) in [7, 11) is 0. The van der Waals surface area contributed by atoms with E-state index in [9.17, 15) is 0 Å². The Morgan fingerprint density at radius 2 is 1.58 bits per heavy atom. The smallest absolute Gasteiger partial charge is 0.0256 e. The number of rotatable bonds is 4. The first-order valence-electron chi connectivity index (χ1n) is 14.8. The lowest BCUT2D eigenvalue weighted by molar-refractivity contribution is -0.217. The highest BCUT2D eigenvalue weighted by Gasteiger charge is 2.67. The molecule has 0 heteroatoms. The van der Waals surface area contributed by atoms with Crippen molar-refractivity contribution in [2.75, 3.05) is 0 Å². The molecule has 4 fully saturated rings. The van der Waals surface area contributed by atoms with Crippen molar-refractivity contribution in [1.29, 1.82) is 0 Å². The van der Waals surface area contributed by atoms with Gasteiger partial charge in [-0.05, 0) is 134 Å². The average Bonchev–Trinajstić information content (AvgIpc) is 3.14. The maximum Gasteiger partial charge on any atom is -0.0256 e. The van der Waals surface area contributed by atoms with Crippen LogP contribution in [0.3, 0.4) is 0 Å². The molecule has 0 bridgehead atoms. The second kappa shape index (κ2) is 8.40. The van der Waals surface area contributed by atoms with Crippen LogP contribution in [0.5, 0.6) is 0 Å². The summed E-state index contributed by atoms with van der Waals surface area (Å²) in [5.74, 6) is 7.30. The van der Waals surface area contributed by atoms with Crippen LogP contribution in [0, 0.1) is 69.0 Å². The van der Waals surface area contributed by atoms with E-state index in [0.29, 0.717) is 21.7 Å². The van der Waals surface area contributed by atoms with E-state index >= 15 is 0 Å². The van der Waals surface area contributed by atoms with Gasteiger partial charge in [-0.1, -0.05) is 74.0 Å². The van der Waals surface area contributed by atoms with Gasteiger partial charge in [-0.3, -0.25) is 0 Å². The molecule has 0 amide bonds. The monoisotopic (exact) mass is 454 g/mol. The minimum atomic E-state index is 0.470.